The third-order valence-electron chi connectivity index (χ3n) is 3.26. The predicted octanol–water partition coefficient (Wildman–Crippen LogP) is 4.57. The summed E-state index contributed by atoms with van der Waals surface area (Å²) >= 11 is 3.58. The molecule has 0 aliphatic carbocycles. The van der Waals surface area contributed by atoms with Crippen molar-refractivity contribution >= 4 is 21.6 Å². The van der Waals surface area contributed by atoms with Crippen LogP contribution in [0.2, 0.25) is 0 Å². The van der Waals surface area contributed by atoms with Crippen LogP contribution >= 0.6 is 15.9 Å². The summed E-state index contributed by atoms with van der Waals surface area (Å²) in [6, 6.07) is 7.08. The largest absolute Gasteiger partial charge is 0.374 e. The van der Waals surface area contributed by atoms with E-state index in [1.54, 1.807) is 0 Å². The number of hydrogen-bond acceptors (Lipinski definition) is 2. The summed E-state index contributed by atoms with van der Waals surface area (Å²) in [5, 5.41) is 3.50. The van der Waals surface area contributed by atoms with Crippen LogP contribution in [0.25, 0.3) is 0 Å². The maximum absolute atomic E-state index is 3.58. The molecule has 0 saturated heterocycles. The van der Waals surface area contributed by atoms with Crippen LogP contribution in [0, 0.1) is 0 Å². The van der Waals surface area contributed by atoms with E-state index in [2.05, 4.69) is 72.2 Å². The molecule has 19 heavy (non-hydrogen) atoms. The monoisotopic (exact) mass is 326 g/mol. The van der Waals surface area contributed by atoms with Gasteiger partial charge in [0.1, 0.15) is 0 Å². The SMILES string of the molecule is CCCCCN(C)c1cc(Br)ccc1CNC(C)C. The molecule has 0 aliphatic heterocycles. The van der Waals surface area contributed by atoms with Crippen molar-refractivity contribution in [3.8, 4) is 0 Å². The number of unbranched alkanes of at least 4 members (excludes halogenated alkanes) is 2. The van der Waals surface area contributed by atoms with Gasteiger partial charge in [0.2, 0.25) is 0 Å². The molecule has 3 heteroatoms. The highest BCUT2D eigenvalue weighted by Crippen LogP contribution is 2.25. The fraction of sp³-hybridized carbons (Fsp3) is 0.625. The van der Waals surface area contributed by atoms with E-state index in [0.29, 0.717) is 6.04 Å². The molecule has 0 aromatic heterocycles. The van der Waals surface area contributed by atoms with Crippen LogP contribution in [0.15, 0.2) is 22.7 Å². The topological polar surface area (TPSA) is 15.3 Å². The molecule has 2 nitrogen and oxygen atoms in total. The number of nitrogens with one attached hydrogen (secondary N) is 1. The Morgan fingerprint density at radius 3 is 2.63 bits per heavy atom. The molecule has 1 aromatic carbocycles. The van der Waals surface area contributed by atoms with E-state index in [-0.39, 0.29) is 0 Å². The maximum atomic E-state index is 3.58. The standard InChI is InChI=1S/C16H27BrN2/c1-5-6-7-10-19(4)16-11-15(17)9-8-14(16)12-18-13(2)3/h8-9,11,13,18H,5-7,10,12H2,1-4H3. The molecule has 0 bridgehead atoms. The Morgan fingerprint density at radius 2 is 2.00 bits per heavy atom. The summed E-state index contributed by atoms with van der Waals surface area (Å²) in [4.78, 5) is 2.37. The zero-order valence-electron chi connectivity index (χ0n) is 12.7. The van der Waals surface area contributed by atoms with E-state index in [0.717, 1.165) is 17.6 Å². The van der Waals surface area contributed by atoms with Crippen molar-refractivity contribution in [1.29, 1.82) is 0 Å². The summed E-state index contributed by atoms with van der Waals surface area (Å²) in [6.07, 6.45) is 3.84. The summed E-state index contributed by atoms with van der Waals surface area (Å²) in [7, 11) is 2.19. The van der Waals surface area contributed by atoms with Crippen molar-refractivity contribution in [2.24, 2.45) is 0 Å². The minimum absolute atomic E-state index is 0.516. The van der Waals surface area contributed by atoms with E-state index in [9.17, 15) is 0 Å². The van der Waals surface area contributed by atoms with Crippen LogP contribution in [0.1, 0.15) is 45.6 Å². The molecule has 108 valence electrons. The third kappa shape index (κ3) is 5.96. The van der Waals surface area contributed by atoms with E-state index in [4.69, 9.17) is 0 Å². The number of hydrogen-bond donors (Lipinski definition) is 1. The Bertz CT molecular complexity index is 377. The number of rotatable bonds is 8. The highest BCUT2D eigenvalue weighted by molar-refractivity contribution is 9.10. The van der Waals surface area contributed by atoms with E-state index >= 15 is 0 Å². The van der Waals surface area contributed by atoms with Gasteiger partial charge in [0.15, 0.2) is 0 Å². The van der Waals surface area contributed by atoms with Gasteiger partial charge < -0.3 is 10.2 Å². The third-order valence-corrected chi connectivity index (χ3v) is 3.75. The van der Waals surface area contributed by atoms with Gasteiger partial charge in [0, 0.05) is 36.3 Å². The van der Waals surface area contributed by atoms with Gasteiger partial charge in [-0.15, -0.1) is 0 Å². The lowest BCUT2D eigenvalue weighted by atomic mass is 10.1. The quantitative estimate of drug-likeness (QED) is 0.704. The zero-order chi connectivity index (χ0) is 14.3. The first-order valence-corrected chi connectivity index (χ1v) is 8.06. The highest BCUT2D eigenvalue weighted by Gasteiger charge is 2.08. The first kappa shape index (κ1) is 16.5. The first-order chi connectivity index (χ1) is 9.04. The maximum Gasteiger partial charge on any atom is 0.0420 e. The van der Waals surface area contributed by atoms with Crippen LogP contribution in [-0.2, 0) is 6.54 Å². The second-order valence-electron chi connectivity index (χ2n) is 5.44. The minimum Gasteiger partial charge on any atom is -0.374 e. The van der Waals surface area contributed by atoms with Gasteiger partial charge in [-0.25, -0.2) is 0 Å². The molecular weight excluding hydrogens is 300 g/mol. The highest BCUT2D eigenvalue weighted by atomic mass is 79.9. The molecule has 1 aromatic rings. The van der Waals surface area contributed by atoms with Crippen LogP contribution in [0.3, 0.4) is 0 Å². The fourth-order valence-corrected chi connectivity index (χ4v) is 2.42. The minimum atomic E-state index is 0.516. The summed E-state index contributed by atoms with van der Waals surface area (Å²) in [5.41, 5.74) is 2.70. The number of halogens is 1. The van der Waals surface area contributed by atoms with Gasteiger partial charge in [-0.3, -0.25) is 0 Å². The molecule has 0 fully saturated rings. The zero-order valence-corrected chi connectivity index (χ0v) is 14.3. The van der Waals surface area contributed by atoms with Crippen molar-refractivity contribution in [1.82, 2.24) is 5.32 Å². The van der Waals surface area contributed by atoms with Crippen LogP contribution in [0.4, 0.5) is 5.69 Å². The smallest absolute Gasteiger partial charge is 0.0420 e. The van der Waals surface area contributed by atoms with Crippen molar-refractivity contribution in [3.05, 3.63) is 28.2 Å². The lowest BCUT2D eigenvalue weighted by Crippen LogP contribution is -2.25. The molecule has 1 rings (SSSR count). The van der Waals surface area contributed by atoms with Gasteiger partial charge in [-0.05, 0) is 24.1 Å². The molecule has 0 amide bonds. The average Bonchev–Trinajstić information content (AvgIpc) is 2.37. The first-order valence-electron chi connectivity index (χ1n) is 7.27. The van der Waals surface area contributed by atoms with Gasteiger partial charge in [-0.1, -0.05) is 55.6 Å². The molecular formula is C16H27BrN2. The average molecular weight is 327 g/mol. The number of nitrogens with zero attached hydrogens (tertiary/aromatic N) is 1. The molecule has 0 unspecified atom stereocenters. The van der Waals surface area contributed by atoms with Crippen molar-refractivity contribution in [2.45, 2.75) is 52.6 Å². The Hall–Kier alpha value is -0.540. The van der Waals surface area contributed by atoms with Crippen LogP contribution in [0.5, 0.6) is 0 Å². The molecule has 0 atom stereocenters. The van der Waals surface area contributed by atoms with Gasteiger partial charge in [0.25, 0.3) is 0 Å². The van der Waals surface area contributed by atoms with E-state index < -0.39 is 0 Å². The molecule has 0 spiro atoms. The van der Waals surface area contributed by atoms with Crippen molar-refractivity contribution in [2.75, 3.05) is 18.5 Å². The predicted molar refractivity (Wildman–Crippen MR) is 88.9 cm³/mol. The van der Waals surface area contributed by atoms with E-state index in [1.807, 2.05) is 0 Å². The number of benzene rings is 1. The molecule has 1 N–H and O–H groups in total. The molecule has 0 heterocycles. The van der Waals surface area contributed by atoms with Crippen LogP contribution in [-0.4, -0.2) is 19.6 Å². The number of anilines is 1. The van der Waals surface area contributed by atoms with Crippen molar-refractivity contribution < 1.29 is 0 Å². The Morgan fingerprint density at radius 1 is 1.26 bits per heavy atom. The van der Waals surface area contributed by atoms with Gasteiger partial charge in [-0.2, -0.15) is 0 Å². The second-order valence-corrected chi connectivity index (χ2v) is 6.35. The van der Waals surface area contributed by atoms with Gasteiger partial charge in [0.05, 0.1) is 0 Å². The molecule has 0 aliphatic rings. The Kier molecular flexibility index (Phi) is 7.47. The van der Waals surface area contributed by atoms with Gasteiger partial charge >= 0.3 is 0 Å². The lowest BCUT2D eigenvalue weighted by molar-refractivity contribution is 0.587. The summed E-state index contributed by atoms with van der Waals surface area (Å²) in [5.74, 6) is 0. The summed E-state index contributed by atoms with van der Waals surface area (Å²) in [6.45, 7) is 8.67. The summed E-state index contributed by atoms with van der Waals surface area (Å²) < 4.78 is 1.15. The fourth-order valence-electron chi connectivity index (χ4n) is 2.08. The normalized spacial score (nSPS) is 11.1. The van der Waals surface area contributed by atoms with Crippen molar-refractivity contribution in [3.63, 3.8) is 0 Å². The molecule has 0 radical (unpaired) electrons. The Labute approximate surface area is 126 Å². The molecule has 0 saturated carbocycles. The van der Waals surface area contributed by atoms with E-state index in [1.165, 1.54) is 30.5 Å². The van der Waals surface area contributed by atoms with Crippen LogP contribution < -0.4 is 10.2 Å². The lowest BCUT2D eigenvalue weighted by Gasteiger charge is -2.23. The second kappa shape index (κ2) is 8.60. The Balaban J connectivity index is 2.74.